The molecule has 2 saturated heterocycles. The second-order valence-corrected chi connectivity index (χ2v) is 12.1. The van der Waals surface area contributed by atoms with Crippen LogP contribution in [0.2, 0.25) is 0 Å². The molecule has 1 aromatic rings. The van der Waals surface area contributed by atoms with Gasteiger partial charge in [0.25, 0.3) is 11.8 Å². The molecule has 3 amide bonds. The molecular weight excluding hydrogens is 559 g/mol. The Morgan fingerprint density at radius 1 is 1.38 bits per heavy atom. The summed E-state index contributed by atoms with van der Waals surface area (Å²) in [6.07, 6.45) is 0.822. The van der Waals surface area contributed by atoms with Crippen LogP contribution in [0.3, 0.4) is 0 Å². The summed E-state index contributed by atoms with van der Waals surface area (Å²) in [6, 6.07) is -1.10. The van der Waals surface area contributed by atoms with Gasteiger partial charge in [0, 0.05) is 24.1 Å². The Kier molecular flexibility index (Phi) is 9.28. The minimum absolute atomic E-state index is 0. The van der Waals surface area contributed by atoms with Crippen LogP contribution >= 0.6 is 23.1 Å². The number of hydrogen-bond donors (Lipinski definition) is 2. The van der Waals surface area contributed by atoms with Crippen LogP contribution in [0.5, 0.6) is 0 Å². The monoisotopic (exact) mass is 580 g/mol. The smallest absolute Gasteiger partial charge is 0.543 e. The van der Waals surface area contributed by atoms with Crippen LogP contribution in [0.15, 0.2) is 21.8 Å². The number of likely N-dealkylation sites (tertiary alicyclic amines) is 1. The fourth-order valence-electron chi connectivity index (χ4n) is 4.07. The van der Waals surface area contributed by atoms with Crippen molar-refractivity contribution in [2.75, 3.05) is 36.8 Å². The molecular formula is C19H21N6NaO8S3. The zero-order chi connectivity index (χ0) is 26.2. The molecule has 18 heteroatoms. The number of rotatable bonds is 9. The number of carbonyl (C=O) groups is 4. The van der Waals surface area contributed by atoms with E-state index in [1.54, 1.807) is 0 Å². The SMILES string of the molecule is CO/N=C(\C(=O)NC1C(=O)N2C(C(=O)[O-])=C(CS(=O)(=O)CN3CCCC3=O)CS[C@H]12)c1csc(N)n1.[Na+]. The van der Waals surface area contributed by atoms with E-state index < -0.39 is 56.4 Å². The quantitative estimate of drug-likeness (QED) is 0.122. The molecule has 0 bridgehead atoms. The number of nitrogens with one attached hydrogen (secondary N) is 1. The van der Waals surface area contributed by atoms with E-state index in [1.807, 2.05) is 0 Å². The summed E-state index contributed by atoms with van der Waals surface area (Å²) < 4.78 is 25.4. The molecule has 0 spiro atoms. The van der Waals surface area contributed by atoms with Gasteiger partial charge >= 0.3 is 29.6 Å². The number of carboxylic acid groups (broad SMARTS) is 1. The third-order valence-electron chi connectivity index (χ3n) is 5.61. The maximum Gasteiger partial charge on any atom is 1.00 e. The summed E-state index contributed by atoms with van der Waals surface area (Å²) in [5.74, 6) is -4.73. The predicted octanol–water partition coefficient (Wildman–Crippen LogP) is -5.52. The number of sulfone groups is 1. The summed E-state index contributed by atoms with van der Waals surface area (Å²) in [5, 5.41) is 18.9. The number of nitrogen functional groups attached to an aromatic ring is 1. The van der Waals surface area contributed by atoms with Crippen molar-refractivity contribution in [1.29, 1.82) is 0 Å². The Balaban J connectivity index is 0.00000380. The minimum atomic E-state index is -3.89. The van der Waals surface area contributed by atoms with E-state index in [4.69, 9.17) is 10.6 Å². The molecule has 2 atom stereocenters. The standard InChI is InChI=1S/C19H22N6O8S3.Na/c1-33-23-12(10-6-35-19(20)21-10)15(27)22-13-16(28)25-14(18(29)30)9(5-34-17(13)25)7-36(31,32)8-24-4-2-3-11(24)26;/h6,13,17H,2-5,7-8H2,1H3,(H2,20,21)(H,22,27)(H,29,30);/q;+1/p-1/b23-12-;/t13?,17-;/m1./s1. The van der Waals surface area contributed by atoms with Crippen LogP contribution in [0.25, 0.3) is 0 Å². The Morgan fingerprint density at radius 2 is 2.11 bits per heavy atom. The van der Waals surface area contributed by atoms with Crippen molar-refractivity contribution in [2.24, 2.45) is 5.16 Å². The van der Waals surface area contributed by atoms with Crippen molar-refractivity contribution >= 4 is 67.5 Å². The van der Waals surface area contributed by atoms with Crippen molar-refractivity contribution in [2.45, 2.75) is 24.3 Å². The van der Waals surface area contributed by atoms with Gasteiger partial charge in [-0.25, -0.2) is 13.4 Å². The van der Waals surface area contributed by atoms with Gasteiger partial charge in [-0.3, -0.25) is 19.3 Å². The molecule has 4 heterocycles. The third kappa shape index (κ3) is 6.12. The fraction of sp³-hybridized carbons (Fsp3) is 0.474. The van der Waals surface area contributed by atoms with Crippen LogP contribution in [0.1, 0.15) is 18.5 Å². The normalized spacial score (nSPS) is 21.8. The number of oxime groups is 1. The Morgan fingerprint density at radius 3 is 2.68 bits per heavy atom. The molecule has 1 aromatic heterocycles. The number of aliphatic carboxylic acids is 1. The Bertz CT molecular complexity index is 1300. The van der Waals surface area contributed by atoms with Gasteiger partial charge in [-0.2, -0.15) is 0 Å². The summed E-state index contributed by atoms with van der Waals surface area (Å²) in [7, 11) is -2.66. The second-order valence-electron chi connectivity index (χ2n) is 8.07. The molecule has 0 aromatic carbocycles. The number of carbonyl (C=O) groups excluding carboxylic acids is 4. The van der Waals surface area contributed by atoms with Crippen LogP contribution in [0.4, 0.5) is 5.13 Å². The van der Waals surface area contributed by atoms with Crippen molar-refractivity contribution < 1.29 is 67.1 Å². The molecule has 37 heavy (non-hydrogen) atoms. The maximum absolute atomic E-state index is 12.9. The zero-order valence-electron chi connectivity index (χ0n) is 19.8. The number of nitrogens with zero attached hydrogens (tertiary/aromatic N) is 4. The molecule has 3 aliphatic heterocycles. The molecule has 0 radical (unpaired) electrons. The van der Waals surface area contributed by atoms with Gasteiger partial charge in [0.15, 0.2) is 20.7 Å². The number of thioether (sulfide) groups is 1. The first kappa shape index (κ1) is 29.4. The van der Waals surface area contributed by atoms with Crippen molar-refractivity contribution in [1.82, 2.24) is 20.1 Å². The summed E-state index contributed by atoms with van der Waals surface area (Å²) in [4.78, 5) is 60.2. The molecule has 0 saturated carbocycles. The topological polar surface area (TPSA) is 204 Å². The Labute approximate surface area is 241 Å². The first-order valence-corrected chi connectivity index (χ1v) is 14.3. The van der Waals surface area contributed by atoms with Gasteiger partial charge in [-0.05, 0) is 12.0 Å². The molecule has 0 aliphatic carbocycles. The molecule has 3 N–H and O–H groups in total. The second kappa shape index (κ2) is 11.7. The zero-order valence-corrected chi connectivity index (χ0v) is 24.3. The van der Waals surface area contributed by atoms with Gasteiger partial charge in [0.2, 0.25) is 5.91 Å². The number of carboxylic acids is 1. The number of thiazole rings is 1. The average Bonchev–Trinajstić information content (AvgIpc) is 3.42. The molecule has 194 valence electrons. The Hall–Kier alpha value is -2.18. The van der Waals surface area contributed by atoms with E-state index in [1.165, 1.54) is 17.4 Å². The van der Waals surface area contributed by atoms with E-state index in [-0.39, 0.29) is 69.7 Å². The van der Waals surface area contributed by atoms with Gasteiger partial charge < -0.3 is 30.7 Å². The number of anilines is 1. The molecule has 1 unspecified atom stereocenters. The van der Waals surface area contributed by atoms with Gasteiger partial charge in [-0.1, -0.05) is 5.16 Å². The summed E-state index contributed by atoms with van der Waals surface area (Å²) >= 11 is 2.17. The molecule has 2 fully saturated rings. The number of amides is 3. The van der Waals surface area contributed by atoms with E-state index in [9.17, 15) is 32.7 Å². The average molecular weight is 581 g/mol. The van der Waals surface area contributed by atoms with E-state index in [0.29, 0.717) is 13.0 Å². The fourth-order valence-corrected chi connectivity index (χ4v) is 7.71. The third-order valence-corrected chi connectivity index (χ3v) is 9.11. The number of aromatic nitrogens is 1. The van der Waals surface area contributed by atoms with Crippen molar-refractivity contribution in [3.63, 3.8) is 0 Å². The van der Waals surface area contributed by atoms with Crippen LogP contribution in [0, 0.1) is 0 Å². The first-order valence-electron chi connectivity index (χ1n) is 10.5. The predicted molar refractivity (Wildman–Crippen MR) is 127 cm³/mol. The largest absolute Gasteiger partial charge is 1.00 e. The van der Waals surface area contributed by atoms with Gasteiger partial charge in [0.05, 0.1) is 17.4 Å². The van der Waals surface area contributed by atoms with Crippen molar-refractivity contribution in [3.8, 4) is 0 Å². The van der Waals surface area contributed by atoms with Gasteiger partial charge in [-0.15, -0.1) is 23.1 Å². The molecule has 4 rings (SSSR count). The van der Waals surface area contributed by atoms with E-state index >= 15 is 0 Å². The summed E-state index contributed by atoms with van der Waals surface area (Å²) in [5.41, 5.74) is 4.96. The number of hydrogen-bond acceptors (Lipinski definition) is 13. The molecule has 3 aliphatic rings. The van der Waals surface area contributed by atoms with Crippen molar-refractivity contribution in [3.05, 3.63) is 22.3 Å². The number of fused-ring (bicyclic) bond motifs is 1. The summed E-state index contributed by atoms with van der Waals surface area (Å²) in [6.45, 7) is 0.315. The first-order chi connectivity index (χ1) is 17.0. The van der Waals surface area contributed by atoms with E-state index in [0.717, 1.165) is 28.0 Å². The van der Waals surface area contributed by atoms with E-state index in [2.05, 4.69) is 15.5 Å². The minimum Gasteiger partial charge on any atom is -0.543 e. The van der Waals surface area contributed by atoms with Gasteiger partial charge in [0.1, 0.15) is 30.1 Å². The van der Waals surface area contributed by atoms with Crippen LogP contribution in [-0.2, 0) is 33.9 Å². The number of β-lactam (4-membered cyclic amide) rings is 1. The number of nitrogens with two attached hydrogens (primary N) is 1. The van der Waals surface area contributed by atoms with Crippen LogP contribution in [-0.4, -0.2) is 95.1 Å². The van der Waals surface area contributed by atoms with Crippen LogP contribution < -0.4 is 45.7 Å². The molecule has 14 nitrogen and oxygen atoms in total. The maximum atomic E-state index is 12.9.